The van der Waals surface area contributed by atoms with Crippen LogP contribution in [-0.4, -0.2) is 15.9 Å². The van der Waals surface area contributed by atoms with Crippen molar-refractivity contribution < 1.29 is 0 Å². The Morgan fingerprint density at radius 2 is 1.76 bits per heavy atom. The molecule has 21 heavy (non-hydrogen) atoms. The van der Waals surface area contributed by atoms with E-state index in [2.05, 4.69) is 67.1 Å². The van der Waals surface area contributed by atoms with Crippen molar-refractivity contribution in [2.75, 3.05) is 0 Å². The molecule has 0 aliphatic carbocycles. The van der Waals surface area contributed by atoms with Crippen LogP contribution < -0.4 is 11.2 Å². The number of hydrazone groups is 1. The number of aryl methyl sites for hydroxylation is 3. The van der Waals surface area contributed by atoms with Crippen LogP contribution >= 0.6 is 12.2 Å². The molecule has 2 aromatic rings. The second-order valence-electron chi connectivity index (χ2n) is 5.24. The minimum absolute atomic E-state index is 0.161. The van der Waals surface area contributed by atoms with Gasteiger partial charge in [0.15, 0.2) is 5.11 Å². The first-order valence-electron chi connectivity index (χ1n) is 6.74. The Labute approximate surface area is 130 Å². The third kappa shape index (κ3) is 3.49. The number of hydrogen-bond donors (Lipinski definition) is 2. The van der Waals surface area contributed by atoms with Crippen LogP contribution in [-0.2, 0) is 0 Å². The zero-order valence-corrected chi connectivity index (χ0v) is 13.6. The molecule has 110 valence electrons. The first-order valence-corrected chi connectivity index (χ1v) is 7.15. The average molecular weight is 300 g/mol. The lowest BCUT2D eigenvalue weighted by Gasteiger charge is -2.11. The molecule has 5 heteroatoms. The van der Waals surface area contributed by atoms with Crippen LogP contribution in [0, 0.1) is 27.7 Å². The second-order valence-corrected chi connectivity index (χ2v) is 5.68. The van der Waals surface area contributed by atoms with Gasteiger partial charge in [-0.25, -0.2) is 0 Å². The molecule has 0 bridgehead atoms. The Balaban J connectivity index is 2.43. The summed E-state index contributed by atoms with van der Waals surface area (Å²) in [5, 5.41) is 4.19. The molecular weight excluding hydrogens is 280 g/mol. The molecule has 0 aliphatic heterocycles. The summed E-state index contributed by atoms with van der Waals surface area (Å²) in [6.07, 6.45) is 1.74. The topological polar surface area (TPSA) is 55.3 Å². The van der Waals surface area contributed by atoms with E-state index in [1.54, 1.807) is 6.21 Å². The lowest BCUT2D eigenvalue weighted by molar-refractivity contribution is 0.959. The molecule has 1 aromatic heterocycles. The summed E-state index contributed by atoms with van der Waals surface area (Å²) < 4.78 is 2.22. The Hall–Kier alpha value is -2.14. The lowest BCUT2D eigenvalue weighted by atomic mass is 10.1. The number of nitrogens with two attached hydrogens (primary N) is 1. The largest absolute Gasteiger partial charge is 0.375 e. The molecule has 0 saturated heterocycles. The number of thiocarbonyl (C=S) groups is 1. The highest BCUT2D eigenvalue weighted by molar-refractivity contribution is 7.80. The van der Waals surface area contributed by atoms with Crippen molar-refractivity contribution in [1.82, 2.24) is 9.99 Å². The van der Waals surface area contributed by atoms with Gasteiger partial charge in [0.25, 0.3) is 0 Å². The number of aromatic nitrogens is 1. The maximum atomic E-state index is 5.36. The minimum Gasteiger partial charge on any atom is -0.375 e. The van der Waals surface area contributed by atoms with E-state index < -0.39 is 0 Å². The Morgan fingerprint density at radius 3 is 2.33 bits per heavy atom. The van der Waals surface area contributed by atoms with E-state index in [4.69, 9.17) is 18.0 Å². The van der Waals surface area contributed by atoms with Gasteiger partial charge in [0.1, 0.15) is 0 Å². The lowest BCUT2D eigenvalue weighted by Crippen LogP contribution is -2.24. The fourth-order valence-corrected chi connectivity index (χ4v) is 2.61. The number of nitrogens with zero attached hydrogens (tertiary/aromatic N) is 2. The van der Waals surface area contributed by atoms with Gasteiger partial charge in [-0.1, -0.05) is 6.07 Å². The molecule has 0 aliphatic rings. The summed E-state index contributed by atoms with van der Waals surface area (Å²) in [5.74, 6) is 0. The molecule has 0 radical (unpaired) electrons. The SMILES string of the molecule is Cc1cc(C)cc(-n2c(C)cc(/C=N\NC(N)=S)c2C)c1. The molecule has 0 spiro atoms. The van der Waals surface area contributed by atoms with E-state index in [9.17, 15) is 0 Å². The average Bonchev–Trinajstić information content (AvgIpc) is 2.62. The van der Waals surface area contributed by atoms with Gasteiger partial charge in [0.05, 0.1) is 6.21 Å². The summed E-state index contributed by atoms with van der Waals surface area (Å²) in [4.78, 5) is 0. The van der Waals surface area contributed by atoms with E-state index in [1.807, 2.05) is 0 Å². The third-order valence-corrected chi connectivity index (χ3v) is 3.40. The molecule has 0 fully saturated rings. The smallest absolute Gasteiger partial charge is 0.184 e. The van der Waals surface area contributed by atoms with Crippen LogP contribution in [0.25, 0.3) is 5.69 Å². The predicted octanol–water partition coefficient (Wildman–Crippen LogP) is 2.88. The van der Waals surface area contributed by atoms with Crippen LogP contribution in [0.15, 0.2) is 29.4 Å². The normalized spacial score (nSPS) is 11.0. The maximum absolute atomic E-state index is 5.36. The van der Waals surface area contributed by atoms with Crippen molar-refractivity contribution in [3.8, 4) is 5.69 Å². The molecule has 1 heterocycles. The number of benzene rings is 1. The van der Waals surface area contributed by atoms with Gasteiger partial charge in [-0.2, -0.15) is 5.10 Å². The number of rotatable bonds is 3. The highest BCUT2D eigenvalue weighted by Crippen LogP contribution is 2.21. The summed E-state index contributed by atoms with van der Waals surface area (Å²) >= 11 is 4.73. The molecule has 0 amide bonds. The Kier molecular flexibility index (Phi) is 4.43. The highest BCUT2D eigenvalue weighted by atomic mass is 32.1. The van der Waals surface area contributed by atoms with Crippen molar-refractivity contribution in [1.29, 1.82) is 0 Å². The molecule has 3 N–H and O–H groups in total. The number of nitrogens with one attached hydrogen (secondary N) is 1. The van der Waals surface area contributed by atoms with Gasteiger partial charge in [-0.15, -0.1) is 0 Å². The van der Waals surface area contributed by atoms with E-state index in [1.165, 1.54) is 16.8 Å². The fraction of sp³-hybridized carbons (Fsp3) is 0.250. The highest BCUT2D eigenvalue weighted by Gasteiger charge is 2.10. The predicted molar refractivity (Wildman–Crippen MR) is 92.2 cm³/mol. The maximum Gasteiger partial charge on any atom is 0.184 e. The van der Waals surface area contributed by atoms with Crippen molar-refractivity contribution in [3.63, 3.8) is 0 Å². The molecule has 1 aromatic carbocycles. The van der Waals surface area contributed by atoms with Crippen molar-refractivity contribution >= 4 is 23.5 Å². The van der Waals surface area contributed by atoms with Gasteiger partial charge >= 0.3 is 0 Å². The molecule has 0 atom stereocenters. The Morgan fingerprint density at radius 1 is 1.14 bits per heavy atom. The quantitative estimate of drug-likeness (QED) is 0.520. The standard InChI is InChI=1S/C16H20N4S/c1-10-5-11(2)7-15(6-10)20-12(3)8-14(13(20)4)9-18-19-16(17)21/h5-9H,1-4H3,(H3,17,19,21)/b18-9-. The van der Waals surface area contributed by atoms with Crippen LogP contribution in [0.1, 0.15) is 28.1 Å². The van der Waals surface area contributed by atoms with Gasteiger partial charge < -0.3 is 10.3 Å². The van der Waals surface area contributed by atoms with Gasteiger partial charge in [-0.3, -0.25) is 5.43 Å². The zero-order chi connectivity index (χ0) is 15.6. The van der Waals surface area contributed by atoms with E-state index in [0.29, 0.717) is 0 Å². The first-order chi connectivity index (χ1) is 9.88. The Bertz CT molecular complexity index is 693. The van der Waals surface area contributed by atoms with Gasteiger partial charge in [0.2, 0.25) is 0 Å². The monoisotopic (exact) mass is 300 g/mol. The molecule has 4 nitrogen and oxygen atoms in total. The molecule has 0 saturated carbocycles. The third-order valence-electron chi connectivity index (χ3n) is 3.31. The molecule has 0 unspecified atom stereocenters. The van der Waals surface area contributed by atoms with Crippen molar-refractivity contribution in [2.45, 2.75) is 27.7 Å². The second kappa shape index (κ2) is 6.10. The van der Waals surface area contributed by atoms with Crippen LogP contribution in [0.2, 0.25) is 0 Å². The summed E-state index contributed by atoms with van der Waals surface area (Å²) in [6, 6.07) is 8.63. The van der Waals surface area contributed by atoms with E-state index >= 15 is 0 Å². The first kappa shape index (κ1) is 15.3. The fourth-order valence-electron chi connectivity index (χ4n) is 2.56. The van der Waals surface area contributed by atoms with Gasteiger partial charge in [0, 0.05) is 22.6 Å². The van der Waals surface area contributed by atoms with Crippen LogP contribution in [0.4, 0.5) is 0 Å². The van der Waals surface area contributed by atoms with E-state index in [-0.39, 0.29) is 5.11 Å². The van der Waals surface area contributed by atoms with Crippen LogP contribution in [0.5, 0.6) is 0 Å². The minimum atomic E-state index is 0.161. The zero-order valence-electron chi connectivity index (χ0n) is 12.8. The van der Waals surface area contributed by atoms with E-state index in [0.717, 1.165) is 17.0 Å². The number of hydrogen-bond acceptors (Lipinski definition) is 2. The van der Waals surface area contributed by atoms with Crippen LogP contribution in [0.3, 0.4) is 0 Å². The molecule has 2 rings (SSSR count). The van der Waals surface area contributed by atoms with Gasteiger partial charge in [-0.05, 0) is 69.2 Å². The summed E-state index contributed by atoms with van der Waals surface area (Å²) in [7, 11) is 0. The molecular formula is C16H20N4S. The van der Waals surface area contributed by atoms with Crippen molar-refractivity contribution in [3.05, 3.63) is 52.3 Å². The summed E-state index contributed by atoms with van der Waals surface area (Å²) in [6.45, 7) is 8.38. The van der Waals surface area contributed by atoms with Crippen molar-refractivity contribution in [2.24, 2.45) is 10.8 Å². The summed E-state index contributed by atoms with van der Waals surface area (Å²) in [5.41, 5.74) is 14.9.